The summed E-state index contributed by atoms with van der Waals surface area (Å²) in [5.74, 6) is -0.442. The van der Waals surface area contributed by atoms with Gasteiger partial charge in [-0.15, -0.1) is 0 Å². The molecular weight excluding hydrogens is 434 g/mol. The highest BCUT2D eigenvalue weighted by molar-refractivity contribution is 6.34. The number of halogens is 1. The second-order valence-corrected chi connectivity index (χ2v) is 8.61. The van der Waals surface area contributed by atoms with Crippen molar-refractivity contribution in [1.29, 1.82) is 0 Å². The fraction of sp³-hybridized carbons (Fsp3) is 0.259. The van der Waals surface area contributed by atoms with Crippen LogP contribution in [0.15, 0.2) is 72.8 Å². The van der Waals surface area contributed by atoms with Crippen LogP contribution in [0.25, 0.3) is 0 Å². The van der Waals surface area contributed by atoms with Crippen molar-refractivity contribution >= 4 is 34.8 Å². The van der Waals surface area contributed by atoms with Crippen molar-refractivity contribution in [3.63, 3.8) is 0 Å². The maximum Gasteiger partial charge on any atom is 0.257 e. The Bertz CT molecular complexity index is 1110. The number of nitrogens with zero attached hydrogens (tertiary/aromatic N) is 1. The first kappa shape index (κ1) is 22.9. The molecule has 3 aromatic rings. The Morgan fingerprint density at radius 1 is 0.818 bits per heavy atom. The molecule has 0 aromatic heterocycles. The monoisotopic (exact) mass is 461 g/mol. The van der Waals surface area contributed by atoms with E-state index in [9.17, 15) is 9.59 Å². The molecule has 2 N–H and O–H groups in total. The summed E-state index contributed by atoms with van der Waals surface area (Å²) in [6, 6.07) is 22.5. The smallest absolute Gasteiger partial charge is 0.257 e. The summed E-state index contributed by atoms with van der Waals surface area (Å²) >= 11 is 6.17. The topological polar surface area (TPSA) is 61.4 Å². The van der Waals surface area contributed by atoms with E-state index in [2.05, 4.69) is 27.7 Å². The highest BCUT2D eigenvalue weighted by Crippen LogP contribution is 2.28. The van der Waals surface area contributed by atoms with E-state index in [0.29, 0.717) is 28.4 Å². The van der Waals surface area contributed by atoms with Crippen molar-refractivity contribution in [1.82, 2.24) is 5.32 Å². The molecule has 6 heteroatoms. The molecule has 1 fully saturated rings. The van der Waals surface area contributed by atoms with Crippen LogP contribution in [0.2, 0.25) is 5.02 Å². The van der Waals surface area contributed by atoms with Gasteiger partial charge >= 0.3 is 0 Å². The number of nitrogens with one attached hydrogen (secondary N) is 2. The normalized spacial score (nSPS) is 13.4. The lowest BCUT2D eigenvalue weighted by atomic mass is 10.1. The van der Waals surface area contributed by atoms with E-state index in [1.807, 2.05) is 30.3 Å². The molecule has 0 aliphatic carbocycles. The van der Waals surface area contributed by atoms with Crippen LogP contribution in [0.1, 0.15) is 45.5 Å². The molecule has 1 heterocycles. The molecule has 1 aliphatic rings. The molecule has 33 heavy (non-hydrogen) atoms. The zero-order chi connectivity index (χ0) is 23.0. The van der Waals surface area contributed by atoms with Crippen LogP contribution in [0.5, 0.6) is 0 Å². The van der Waals surface area contributed by atoms with Crippen molar-refractivity contribution in [2.75, 3.05) is 29.9 Å². The third-order valence-corrected chi connectivity index (χ3v) is 6.19. The number of benzene rings is 3. The van der Waals surface area contributed by atoms with Gasteiger partial charge in [-0.1, -0.05) is 54.1 Å². The van der Waals surface area contributed by atoms with Crippen molar-refractivity contribution in [2.24, 2.45) is 0 Å². The van der Waals surface area contributed by atoms with Crippen LogP contribution in [0.3, 0.4) is 0 Å². The minimum atomic E-state index is -0.304. The van der Waals surface area contributed by atoms with E-state index in [1.165, 1.54) is 12.0 Å². The summed E-state index contributed by atoms with van der Waals surface area (Å²) < 4.78 is 0. The predicted octanol–water partition coefficient (Wildman–Crippen LogP) is 5.56. The fourth-order valence-electron chi connectivity index (χ4n) is 4.11. The number of piperidine rings is 1. The Balaban J connectivity index is 1.53. The Morgan fingerprint density at radius 3 is 2.30 bits per heavy atom. The summed E-state index contributed by atoms with van der Waals surface area (Å²) in [7, 11) is 0. The average Bonchev–Trinajstić information content (AvgIpc) is 2.85. The van der Waals surface area contributed by atoms with Gasteiger partial charge in [-0.3, -0.25) is 9.59 Å². The van der Waals surface area contributed by atoms with Gasteiger partial charge in [0.1, 0.15) is 0 Å². The second-order valence-electron chi connectivity index (χ2n) is 8.21. The van der Waals surface area contributed by atoms with Crippen LogP contribution in [0, 0.1) is 0 Å². The van der Waals surface area contributed by atoms with E-state index in [4.69, 9.17) is 11.6 Å². The van der Waals surface area contributed by atoms with Gasteiger partial charge < -0.3 is 15.5 Å². The van der Waals surface area contributed by atoms with Crippen molar-refractivity contribution in [2.45, 2.75) is 25.7 Å². The van der Waals surface area contributed by atoms with Gasteiger partial charge in [0.2, 0.25) is 0 Å². The van der Waals surface area contributed by atoms with Gasteiger partial charge in [0.05, 0.1) is 16.1 Å². The standard InChI is InChI=1S/C27H28ClN3O2/c28-24-12-6-5-11-22(24)27(33)30-21-13-14-25(31-17-7-2-8-18-31)23(19-21)26(32)29-16-15-20-9-3-1-4-10-20/h1,3-6,9-14,19H,2,7-8,15-18H2,(H,29,32)(H,30,33). The lowest BCUT2D eigenvalue weighted by Crippen LogP contribution is -2.33. The molecule has 170 valence electrons. The van der Waals surface area contributed by atoms with Crippen molar-refractivity contribution in [3.8, 4) is 0 Å². The molecule has 0 saturated carbocycles. The molecule has 0 spiro atoms. The summed E-state index contributed by atoms with van der Waals surface area (Å²) in [6.45, 7) is 2.39. The number of amides is 2. The average molecular weight is 462 g/mol. The number of hydrogen-bond donors (Lipinski definition) is 2. The number of carbonyl (C=O) groups excluding carboxylic acids is 2. The summed E-state index contributed by atoms with van der Waals surface area (Å²) in [6.07, 6.45) is 4.19. The molecule has 4 rings (SSSR count). The van der Waals surface area contributed by atoms with E-state index < -0.39 is 0 Å². The lowest BCUT2D eigenvalue weighted by molar-refractivity contribution is 0.0953. The molecule has 3 aromatic carbocycles. The quantitative estimate of drug-likeness (QED) is 0.484. The molecule has 2 amide bonds. The highest BCUT2D eigenvalue weighted by Gasteiger charge is 2.20. The Hall–Kier alpha value is -3.31. The second kappa shape index (κ2) is 11.0. The first-order chi connectivity index (χ1) is 16.1. The number of rotatable bonds is 7. The molecule has 0 radical (unpaired) electrons. The number of hydrogen-bond acceptors (Lipinski definition) is 3. The minimum absolute atomic E-state index is 0.139. The molecule has 1 saturated heterocycles. The van der Waals surface area contributed by atoms with E-state index in [-0.39, 0.29) is 11.8 Å². The highest BCUT2D eigenvalue weighted by atomic mass is 35.5. The van der Waals surface area contributed by atoms with Gasteiger partial charge in [-0.2, -0.15) is 0 Å². The Morgan fingerprint density at radius 2 is 1.55 bits per heavy atom. The van der Waals surface area contributed by atoms with Gasteiger partial charge in [0.25, 0.3) is 11.8 Å². The zero-order valence-corrected chi connectivity index (χ0v) is 19.3. The van der Waals surface area contributed by atoms with Gasteiger partial charge in [0, 0.05) is 31.0 Å². The SMILES string of the molecule is O=C(Nc1ccc(N2CCCCC2)c(C(=O)NCCc2ccccc2)c1)c1ccccc1Cl. The maximum atomic E-state index is 13.2. The van der Waals surface area contributed by atoms with Crippen LogP contribution in [-0.4, -0.2) is 31.4 Å². The first-order valence-electron chi connectivity index (χ1n) is 11.4. The minimum Gasteiger partial charge on any atom is -0.371 e. The zero-order valence-electron chi connectivity index (χ0n) is 18.5. The molecule has 0 bridgehead atoms. The van der Waals surface area contributed by atoms with Crippen LogP contribution >= 0.6 is 11.6 Å². The maximum absolute atomic E-state index is 13.2. The van der Waals surface area contributed by atoms with Crippen LogP contribution in [-0.2, 0) is 6.42 Å². The number of carbonyl (C=O) groups is 2. The molecule has 0 atom stereocenters. The van der Waals surface area contributed by atoms with Gasteiger partial charge in [-0.25, -0.2) is 0 Å². The van der Waals surface area contributed by atoms with Crippen LogP contribution in [0.4, 0.5) is 11.4 Å². The molecule has 5 nitrogen and oxygen atoms in total. The van der Waals surface area contributed by atoms with Crippen molar-refractivity contribution in [3.05, 3.63) is 94.5 Å². The fourth-order valence-corrected chi connectivity index (χ4v) is 4.33. The third-order valence-electron chi connectivity index (χ3n) is 5.86. The Kier molecular flexibility index (Phi) is 7.63. The van der Waals surface area contributed by atoms with Gasteiger partial charge in [-0.05, 0) is 61.6 Å². The molecule has 0 unspecified atom stereocenters. The molecular formula is C27H28ClN3O2. The van der Waals surface area contributed by atoms with Crippen LogP contribution < -0.4 is 15.5 Å². The largest absolute Gasteiger partial charge is 0.371 e. The lowest BCUT2D eigenvalue weighted by Gasteiger charge is -2.30. The summed E-state index contributed by atoms with van der Waals surface area (Å²) in [5, 5.41) is 6.32. The van der Waals surface area contributed by atoms with Gasteiger partial charge in [0.15, 0.2) is 0 Å². The summed E-state index contributed by atoms with van der Waals surface area (Å²) in [4.78, 5) is 28.2. The van der Waals surface area contributed by atoms with Crippen molar-refractivity contribution < 1.29 is 9.59 Å². The summed E-state index contributed by atoms with van der Waals surface area (Å²) in [5.41, 5.74) is 3.61. The first-order valence-corrected chi connectivity index (χ1v) is 11.8. The van der Waals surface area contributed by atoms with E-state index in [0.717, 1.165) is 38.0 Å². The predicted molar refractivity (Wildman–Crippen MR) is 134 cm³/mol. The van der Waals surface area contributed by atoms with E-state index >= 15 is 0 Å². The third kappa shape index (κ3) is 5.93. The molecule has 1 aliphatic heterocycles. The Labute approximate surface area is 199 Å². The van der Waals surface area contributed by atoms with E-state index in [1.54, 1.807) is 30.3 Å². The number of anilines is 2.